The first kappa shape index (κ1) is 17.2. The molecule has 2 N–H and O–H groups in total. The fourth-order valence-electron chi connectivity index (χ4n) is 2.88. The number of hydrogen-bond donors (Lipinski definition) is 2. The maximum atomic E-state index is 12.0. The van der Waals surface area contributed by atoms with Gasteiger partial charge in [-0.1, -0.05) is 29.8 Å². The highest BCUT2D eigenvalue weighted by Gasteiger charge is 2.19. The van der Waals surface area contributed by atoms with Crippen LogP contribution in [-0.4, -0.2) is 23.2 Å². The van der Waals surface area contributed by atoms with Crippen molar-refractivity contribution in [2.45, 2.75) is 37.8 Å². The van der Waals surface area contributed by atoms with Crippen molar-refractivity contribution in [3.8, 4) is 10.4 Å². The molecule has 126 valence electrons. The Bertz CT molecular complexity index is 732. The molecule has 1 saturated carbocycles. The van der Waals surface area contributed by atoms with E-state index in [1.54, 1.807) is 17.4 Å². The molecule has 3 rings (SSSR count). The average Bonchev–Trinajstić information content (AvgIpc) is 3.04. The van der Waals surface area contributed by atoms with E-state index in [0.717, 1.165) is 46.0 Å². The largest absolute Gasteiger partial charge is 0.393 e. The summed E-state index contributed by atoms with van der Waals surface area (Å²) >= 11 is 7.83. The van der Waals surface area contributed by atoms with Crippen molar-refractivity contribution in [1.29, 1.82) is 0 Å². The molecule has 0 unspecified atom stereocenters. The molecule has 3 nitrogen and oxygen atoms in total. The van der Waals surface area contributed by atoms with Gasteiger partial charge in [0, 0.05) is 32.5 Å². The van der Waals surface area contributed by atoms with E-state index in [-0.39, 0.29) is 18.1 Å². The lowest BCUT2D eigenvalue weighted by Gasteiger charge is -2.25. The van der Waals surface area contributed by atoms with Gasteiger partial charge in [-0.15, -0.1) is 11.3 Å². The Balaban J connectivity index is 1.59. The second-order valence-electron chi connectivity index (χ2n) is 6.03. The van der Waals surface area contributed by atoms with Gasteiger partial charge in [-0.2, -0.15) is 0 Å². The highest BCUT2D eigenvalue weighted by Crippen LogP contribution is 2.33. The molecule has 1 aliphatic rings. The van der Waals surface area contributed by atoms with E-state index >= 15 is 0 Å². The van der Waals surface area contributed by atoms with Crippen molar-refractivity contribution in [3.05, 3.63) is 52.4 Å². The third kappa shape index (κ3) is 4.47. The van der Waals surface area contributed by atoms with Gasteiger partial charge in [0.2, 0.25) is 5.91 Å². The van der Waals surface area contributed by atoms with Gasteiger partial charge in [-0.05, 0) is 50.0 Å². The van der Waals surface area contributed by atoms with E-state index < -0.39 is 0 Å². The average molecular weight is 362 g/mol. The zero-order valence-electron chi connectivity index (χ0n) is 13.2. The zero-order valence-corrected chi connectivity index (χ0v) is 14.8. The predicted molar refractivity (Wildman–Crippen MR) is 100 cm³/mol. The number of aliphatic hydroxyl groups excluding tert-OH is 1. The van der Waals surface area contributed by atoms with Crippen molar-refractivity contribution in [2.75, 3.05) is 0 Å². The number of halogens is 1. The second-order valence-corrected chi connectivity index (χ2v) is 7.55. The first-order chi connectivity index (χ1) is 11.6. The number of rotatable bonds is 4. The molecule has 1 fully saturated rings. The molecule has 0 aliphatic heterocycles. The Morgan fingerprint density at radius 1 is 1.17 bits per heavy atom. The highest BCUT2D eigenvalue weighted by atomic mass is 35.5. The van der Waals surface area contributed by atoms with Crippen LogP contribution in [0.1, 0.15) is 30.6 Å². The van der Waals surface area contributed by atoms with Gasteiger partial charge in [0.05, 0.1) is 6.10 Å². The van der Waals surface area contributed by atoms with Crippen molar-refractivity contribution in [1.82, 2.24) is 5.32 Å². The van der Waals surface area contributed by atoms with E-state index in [4.69, 9.17) is 11.6 Å². The van der Waals surface area contributed by atoms with Crippen LogP contribution >= 0.6 is 22.9 Å². The van der Waals surface area contributed by atoms with Crippen molar-refractivity contribution in [3.63, 3.8) is 0 Å². The summed E-state index contributed by atoms with van der Waals surface area (Å²) in [4.78, 5) is 14.1. The molecule has 2 aromatic rings. The molecule has 24 heavy (non-hydrogen) atoms. The van der Waals surface area contributed by atoms with Crippen LogP contribution in [0.3, 0.4) is 0 Å². The first-order valence-corrected chi connectivity index (χ1v) is 9.32. The summed E-state index contributed by atoms with van der Waals surface area (Å²) in [5, 5.41) is 13.2. The molecule has 0 bridgehead atoms. The molecule has 1 aromatic carbocycles. The van der Waals surface area contributed by atoms with E-state index in [1.807, 2.05) is 42.5 Å². The van der Waals surface area contributed by atoms with Gasteiger partial charge < -0.3 is 10.4 Å². The fraction of sp³-hybridized carbons (Fsp3) is 0.316. The van der Waals surface area contributed by atoms with Gasteiger partial charge >= 0.3 is 0 Å². The number of carbonyl (C=O) groups is 1. The number of hydrogen-bond acceptors (Lipinski definition) is 3. The molecular formula is C19H20ClNO2S. The van der Waals surface area contributed by atoms with Crippen LogP contribution in [0, 0.1) is 0 Å². The maximum absolute atomic E-state index is 12.0. The van der Waals surface area contributed by atoms with Crippen LogP contribution in [0.5, 0.6) is 0 Å². The molecule has 1 aromatic heterocycles. The van der Waals surface area contributed by atoms with E-state index in [9.17, 15) is 9.90 Å². The minimum atomic E-state index is -0.206. The summed E-state index contributed by atoms with van der Waals surface area (Å²) in [6.45, 7) is 0. The van der Waals surface area contributed by atoms with Gasteiger partial charge in [0.1, 0.15) is 0 Å². The van der Waals surface area contributed by atoms with E-state index in [2.05, 4.69) is 5.32 Å². The van der Waals surface area contributed by atoms with Gasteiger partial charge in [-0.3, -0.25) is 4.79 Å². The molecule has 1 amide bonds. The summed E-state index contributed by atoms with van der Waals surface area (Å²) in [5.41, 5.74) is 1.01. The number of nitrogens with one attached hydrogen (secondary N) is 1. The van der Waals surface area contributed by atoms with Crippen LogP contribution in [0.25, 0.3) is 16.5 Å². The normalized spacial score (nSPS) is 21.1. The summed E-state index contributed by atoms with van der Waals surface area (Å²) < 4.78 is 0. The quantitative estimate of drug-likeness (QED) is 0.787. The van der Waals surface area contributed by atoms with E-state index in [1.165, 1.54) is 0 Å². The molecule has 0 atom stereocenters. The van der Waals surface area contributed by atoms with Crippen molar-refractivity contribution in [2.24, 2.45) is 0 Å². The zero-order chi connectivity index (χ0) is 16.9. The monoisotopic (exact) mass is 361 g/mol. The third-order valence-electron chi connectivity index (χ3n) is 4.21. The molecule has 0 saturated heterocycles. The fourth-order valence-corrected chi connectivity index (χ4v) is 4.12. The smallest absolute Gasteiger partial charge is 0.244 e. The maximum Gasteiger partial charge on any atom is 0.244 e. The van der Waals surface area contributed by atoms with Crippen molar-refractivity contribution >= 4 is 34.9 Å². The van der Waals surface area contributed by atoms with Gasteiger partial charge in [-0.25, -0.2) is 0 Å². The number of amides is 1. The second kappa shape index (κ2) is 7.97. The van der Waals surface area contributed by atoms with Crippen LogP contribution in [0.2, 0.25) is 5.02 Å². The topological polar surface area (TPSA) is 49.3 Å². The molecule has 5 heteroatoms. The van der Waals surface area contributed by atoms with Gasteiger partial charge in [0.15, 0.2) is 0 Å². The Kier molecular flexibility index (Phi) is 5.72. The minimum absolute atomic E-state index is 0.0796. The van der Waals surface area contributed by atoms with Crippen LogP contribution in [0.4, 0.5) is 0 Å². The van der Waals surface area contributed by atoms with Crippen molar-refractivity contribution < 1.29 is 9.90 Å². The molecule has 0 radical (unpaired) electrons. The molecule has 0 spiro atoms. The number of thiophene rings is 1. The summed E-state index contributed by atoms with van der Waals surface area (Å²) in [6, 6.07) is 11.9. The Labute approximate surface area is 151 Å². The Morgan fingerprint density at radius 2 is 1.92 bits per heavy atom. The van der Waals surface area contributed by atoms with Crippen LogP contribution in [0.15, 0.2) is 42.5 Å². The summed E-state index contributed by atoms with van der Waals surface area (Å²) in [6.07, 6.45) is 6.42. The highest BCUT2D eigenvalue weighted by molar-refractivity contribution is 7.16. The third-order valence-corrected chi connectivity index (χ3v) is 5.62. The predicted octanol–water partition coefficient (Wildman–Crippen LogP) is 4.50. The minimum Gasteiger partial charge on any atom is -0.393 e. The summed E-state index contributed by atoms with van der Waals surface area (Å²) in [5.74, 6) is -0.0796. The summed E-state index contributed by atoms with van der Waals surface area (Å²) in [7, 11) is 0. The molecule has 1 aliphatic carbocycles. The Morgan fingerprint density at radius 3 is 2.67 bits per heavy atom. The number of carbonyl (C=O) groups excluding carboxylic acids is 1. The van der Waals surface area contributed by atoms with Gasteiger partial charge in [0.25, 0.3) is 0 Å². The van der Waals surface area contributed by atoms with E-state index in [0.29, 0.717) is 0 Å². The number of aliphatic hydroxyl groups is 1. The van der Waals surface area contributed by atoms with Crippen LogP contribution < -0.4 is 5.32 Å². The lowest BCUT2D eigenvalue weighted by molar-refractivity contribution is -0.117. The Hall–Kier alpha value is -1.62. The lowest BCUT2D eigenvalue weighted by atomic mass is 9.93. The number of benzene rings is 1. The first-order valence-electron chi connectivity index (χ1n) is 8.13. The standard InChI is InChI=1S/C19H20ClNO2S/c20-17-4-2-1-3-16(17)18-11-9-15(24-18)10-12-19(23)21-13-5-7-14(22)8-6-13/h1-4,9-14,22H,5-8H2,(H,21,23)/b12-10+. The van der Waals surface area contributed by atoms with Crippen LogP contribution in [-0.2, 0) is 4.79 Å². The molecule has 1 heterocycles. The lowest BCUT2D eigenvalue weighted by Crippen LogP contribution is -2.37. The SMILES string of the molecule is O=C(/C=C/c1ccc(-c2ccccc2Cl)s1)NC1CCC(O)CC1. The molecular weight excluding hydrogens is 342 g/mol.